The van der Waals surface area contributed by atoms with E-state index in [0.29, 0.717) is 37.6 Å². The predicted octanol–water partition coefficient (Wildman–Crippen LogP) is 3.29. The Kier molecular flexibility index (Phi) is 7.72. The number of aromatic amines is 2. The van der Waals surface area contributed by atoms with Crippen molar-refractivity contribution < 1.29 is 4.79 Å². The lowest BCUT2D eigenvalue weighted by Gasteiger charge is -2.11. The maximum absolute atomic E-state index is 12.2. The highest BCUT2D eigenvalue weighted by Crippen LogP contribution is 2.28. The van der Waals surface area contributed by atoms with E-state index < -0.39 is 0 Å². The first kappa shape index (κ1) is 24.5. The minimum Gasteiger partial charge on any atom is -0.384 e. The van der Waals surface area contributed by atoms with Crippen molar-refractivity contribution >= 4 is 34.1 Å². The predicted molar refractivity (Wildman–Crippen MR) is 142 cm³/mol. The van der Waals surface area contributed by atoms with Crippen LogP contribution in [0.1, 0.15) is 18.5 Å². The Labute approximate surface area is 218 Å². The van der Waals surface area contributed by atoms with E-state index in [2.05, 4.69) is 46.5 Å². The molecule has 12 heteroatoms. The van der Waals surface area contributed by atoms with Crippen molar-refractivity contribution in [1.82, 2.24) is 45.8 Å². The number of benzene rings is 2. The first-order chi connectivity index (χ1) is 18.2. The molecule has 5 N–H and O–H groups in total. The molecule has 1 amide bonds. The van der Waals surface area contributed by atoms with Crippen LogP contribution in [0.2, 0.25) is 5.02 Å². The highest BCUT2D eigenvalue weighted by Gasteiger charge is 2.12. The molecule has 0 aliphatic rings. The summed E-state index contributed by atoms with van der Waals surface area (Å²) >= 11 is 6.47. The lowest BCUT2D eigenvalue weighted by molar-refractivity contribution is -0.120. The van der Waals surface area contributed by atoms with Crippen molar-refractivity contribution in [2.75, 3.05) is 25.0 Å². The normalized spacial score (nSPS) is 11.2. The van der Waals surface area contributed by atoms with Crippen LogP contribution in [0.3, 0.4) is 0 Å². The molecule has 0 saturated heterocycles. The Morgan fingerprint density at radius 3 is 2.70 bits per heavy atom. The quantitative estimate of drug-likeness (QED) is 0.160. The van der Waals surface area contributed by atoms with Gasteiger partial charge in [0.25, 0.3) is 0 Å². The van der Waals surface area contributed by atoms with Crippen LogP contribution in [0, 0.1) is 0 Å². The van der Waals surface area contributed by atoms with E-state index in [9.17, 15) is 4.79 Å². The standard InChI is InChI=1S/C25H27ClN10O/c26-24-22(34-35-25(24)17-5-2-1-3-6-17)14-27-10-7-23(37)29-9-4-8-28-20-11-18(36-15-31-32-16-36)12-21-19(20)13-30-33-21/h1-3,5-6,11-13,15-16,27-28H,4,7-10,14H2,(H,29,37)(H,30,33)(H,34,35). The largest absolute Gasteiger partial charge is 0.384 e. The average molecular weight is 519 g/mol. The number of fused-ring (bicyclic) bond motifs is 1. The highest BCUT2D eigenvalue weighted by molar-refractivity contribution is 6.33. The molecular formula is C25H27ClN10O. The fourth-order valence-corrected chi connectivity index (χ4v) is 4.24. The van der Waals surface area contributed by atoms with Crippen LogP contribution in [0.15, 0.2) is 61.3 Å². The number of halogens is 1. The van der Waals surface area contributed by atoms with Crippen LogP contribution in [-0.2, 0) is 11.3 Å². The summed E-state index contributed by atoms with van der Waals surface area (Å²) in [5, 5.41) is 33.4. The number of hydrogen-bond donors (Lipinski definition) is 5. The monoisotopic (exact) mass is 518 g/mol. The van der Waals surface area contributed by atoms with Crippen molar-refractivity contribution in [3.8, 4) is 16.9 Å². The molecule has 190 valence electrons. The van der Waals surface area contributed by atoms with Gasteiger partial charge < -0.3 is 16.0 Å². The molecule has 0 aliphatic heterocycles. The number of rotatable bonds is 12. The first-order valence-electron chi connectivity index (χ1n) is 12.0. The molecule has 0 unspecified atom stereocenters. The Morgan fingerprint density at radius 1 is 1.03 bits per heavy atom. The van der Waals surface area contributed by atoms with Crippen molar-refractivity contribution in [3.05, 3.63) is 72.0 Å². The summed E-state index contributed by atoms with van der Waals surface area (Å²) in [5.41, 5.74) is 5.29. The molecule has 0 bridgehead atoms. The SMILES string of the molecule is O=C(CCNCc1[nH]nc(-c2ccccc2)c1Cl)NCCCNc1cc(-n2cnnc2)cc2[nH]ncc12. The van der Waals surface area contributed by atoms with E-state index in [1.54, 1.807) is 18.9 Å². The van der Waals surface area contributed by atoms with Gasteiger partial charge >= 0.3 is 0 Å². The van der Waals surface area contributed by atoms with Crippen LogP contribution in [-0.4, -0.2) is 60.7 Å². The minimum absolute atomic E-state index is 0.0000115. The lowest BCUT2D eigenvalue weighted by Crippen LogP contribution is -2.29. The summed E-state index contributed by atoms with van der Waals surface area (Å²) in [6.07, 6.45) is 6.25. The van der Waals surface area contributed by atoms with Crippen LogP contribution < -0.4 is 16.0 Å². The van der Waals surface area contributed by atoms with Crippen LogP contribution in [0.5, 0.6) is 0 Å². The number of carbonyl (C=O) groups excluding carboxylic acids is 1. The molecule has 0 saturated carbocycles. The summed E-state index contributed by atoms with van der Waals surface area (Å²) < 4.78 is 1.84. The molecule has 11 nitrogen and oxygen atoms in total. The summed E-state index contributed by atoms with van der Waals surface area (Å²) in [7, 11) is 0. The number of carbonyl (C=O) groups is 1. The molecular weight excluding hydrogens is 492 g/mol. The zero-order chi connectivity index (χ0) is 25.5. The third-order valence-electron chi connectivity index (χ3n) is 5.90. The molecule has 0 fully saturated rings. The minimum atomic E-state index is 0.0000115. The van der Waals surface area contributed by atoms with Crippen LogP contribution in [0.25, 0.3) is 27.8 Å². The van der Waals surface area contributed by atoms with Gasteiger partial charge in [0.2, 0.25) is 5.91 Å². The van der Waals surface area contributed by atoms with Gasteiger partial charge in [0.1, 0.15) is 18.3 Å². The molecule has 3 aromatic heterocycles. The fraction of sp³-hybridized carbons (Fsp3) is 0.240. The zero-order valence-corrected chi connectivity index (χ0v) is 20.8. The molecule has 0 aliphatic carbocycles. The molecule has 0 radical (unpaired) electrons. The summed E-state index contributed by atoms with van der Waals surface area (Å²) in [4.78, 5) is 12.2. The van der Waals surface area contributed by atoms with Gasteiger partial charge in [-0.05, 0) is 18.6 Å². The topological polar surface area (TPSA) is 141 Å². The summed E-state index contributed by atoms with van der Waals surface area (Å²) in [5.74, 6) is 0.0000115. The van der Waals surface area contributed by atoms with Gasteiger partial charge in [0.15, 0.2) is 0 Å². The molecule has 37 heavy (non-hydrogen) atoms. The van der Waals surface area contributed by atoms with Gasteiger partial charge in [-0.1, -0.05) is 41.9 Å². The van der Waals surface area contributed by atoms with Gasteiger partial charge in [-0.3, -0.25) is 19.6 Å². The Morgan fingerprint density at radius 2 is 1.86 bits per heavy atom. The molecule has 0 atom stereocenters. The summed E-state index contributed by atoms with van der Waals surface area (Å²) in [6, 6.07) is 13.8. The molecule has 3 heterocycles. The molecule has 5 rings (SSSR count). The average Bonchev–Trinajstić information content (AvgIpc) is 3.68. The number of anilines is 1. The lowest BCUT2D eigenvalue weighted by atomic mass is 10.1. The molecule has 5 aromatic rings. The Hall–Kier alpha value is -4.22. The van der Waals surface area contributed by atoms with Gasteiger partial charge in [-0.15, -0.1) is 10.2 Å². The van der Waals surface area contributed by atoms with Crippen molar-refractivity contribution in [3.63, 3.8) is 0 Å². The third kappa shape index (κ3) is 5.96. The van der Waals surface area contributed by atoms with Gasteiger partial charge in [0, 0.05) is 49.2 Å². The second kappa shape index (κ2) is 11.7. The van der Waals surface area contributed by atoms with Crippen molar-refractivity contribution in [2.45, 2.75) is 19.4 Å². The number of amides is 1. The van der Waals surface area contributed by atoms with E-state index >= 15 is 0 Å². The Bertz CT molecular complexity index is 1450. The van der Waals surface area contributed by atoms with E-state index in [-0.39, 0.29) is 5.91 Å². The van der Waals surface area contributed by atoms with Gasteiger partial charge in [0.05, 0.1) is 28.1 Å². The van der Waals surface area contributed by atoms with Crippen molar-refractivity contribution in [2.24, 2.45) is 0 Å². The van der Waals surface area contributed by atoms with Crippen LogP contribution >= 0.6 is 11.6 Å². The summed E-state index contributed by atoms with van der Waals surface area (Å²) in [6.45, 7) is 2.33. The third-order valence-corrected chi connectivity index (χ3v) is 6.31. The number of H-pyrrole nitrogens is 2. The van der Waals surface area contributed by atoms with E-state index in [1.807, 2.05) is 47.0 Å². The second-order valence-electron chi connectivity index (χ2n) is 8.48. The zero-order valence-electron chi connectivity index (χ0n) is 20.0. The Balaban J connectivity index is 1.01. The van der Waals surface area contributed by atoms with Crippen LogP contribution in [0.4, 0.5) is 5.69 Å². The fourth-order valence-electron chi connectivity index (χ4n) is 3.98. The molecule has 2 aromatic carbocycles. The molecule has 0 spiro atoms. The second-order valence-corrected chi connectivity index (χ2v) is 8.86. The number of hydrogen-bond acceptors (Lipinski definition) is 7. The number of aromatic nitrogens is 7. The first-order valence-corrected chi connectivity index (χ1v) is 12.4. The highest BCUT2D eigenvalue weighted by atomic mass is 35.5. The maximum atomic E-state index is 12.2. The van der Waals surface area contributed by atoms with E-state index in [1.165, 1.54) is 0 Å². The maximum Gasteiger partial charge on any atom is 0.221 e. The van der Waals surface area contributed by atoms with Crippen molar-refractivity contribution in [1.29, 1.82) is 0 Å². The van der Waals surface area contributed by atoms with E-state index in [4.69, 9.17) is 11.6 Å². The van der Waals surface area contributed by atoms with E-state index in [0.717, 1.165) is 45.6 Å². The van der Waals surface area contributed by atoms with Gasteiger partial charge in [-0.25, -0.2) is 0 Å². The smallest absolute Gasteiger partial charge is 0.221 e. The number of nitrogens with one attached hydrogen (secondary N) is 5. The number of nitrogens with zero attached hydrogens (tertiary/aromatic N) is 5. The van der Waals surface area contributed by atoms with Gasteiger partial charge in [-0.2, -0.15) is 10.2 Å².